The van der Waals surface area contributed by atoms with E-state index in [4.69, 9.17) is 4.52 Å². The summed E-state index contributed by atoms with van der Waals surface area (Å²) in [5.74, 6) is 0.876. The van der Waals surface area contributed by atoms with E-state index >= 15 is 0 Å². The highest BCUT2D eigenvalue weighted by molar-refractivity contribution is 14.1. The highest BCUT2D eigenvalue weighted by Crippen LogP contribution is 2.28. The molecule has 0 spiro atoms. The first kappa shape index (κ1) is 14.9. The fourth-order valence-electron chi connectivity index (χ4n) is 1.61. The van der Waals surface area contributed by atoms with E-state index in [1.165, 1.54) is 12.1 Å². The Morgan fingerprint density at radius 2 is 2.30 bits per heavy atom. The Hall–Kier alpha value is -1.55. The van der Waals surface area contributed by atoms with Crippen LogP contribution < -0.4 is 5.32 Å². The molecule has 2 rings (SSSR count). The number of nitro benzene ring substituents is 1. The first-order valence-electron chi connectivity index (χ1n) is 5.95. The molecule has 0 amide bonds. The third kappa shape index (κ3) is 3.31. The second kappa shape index (κ2) is 6.27. The first-order chi connectivity index (χ1) is 9.51. The van der Waals surface area contributed by atoms with Crippen molar-refractivity contribution in [3.8, 4) is 11.5 Å². The van der Waals surface area contributed by atoms with E-state index in [-0.39, 0.29) is 11.7 Å². The van der Waals surface area contributed by atoms with Crippen LogP contribution in [0.15, 0.2) is 22.7 Å². The molecule has 0 radical (unpaired) electrons. The molecule has 0 fully saturated rings. The van der Waals surface area contributed by atoms with E-state index < -0.39 is 4.92 Å². The summed E-state index contributed by atoms with van der Waals surface area (Å²) in [5, 5.41) is 17.8. The van der Waals surface area contributed by atoms with Crippen molar-refractivity contribution in [3.63, 3.8) is 0 Å². The van der Waals surface area contributed by atoms with E-state index in [1.54, 1.807) is 6.07 Å². The fraction of sp³-hybridized carbons (Fsp3) is 0.333. The molecule has 0 aliphatic rings. The standard InChI is InChI=1S/C12H13IN4O3/c1-7(14-2)5-11-15-12(20-16-11)9-6-8(17(18)19)3-4-10(9)13/h3-4,6-7,14H,5H2,1-2H3. The van der Waals surface area contributed by atoms with Gasteiger partial charge in [0.15, 0.2) is 5.82 Å². The van der Waals surface area contributed by atoms with Crippen molar-refractivity contribution in [1.82, 2.24) is 15.5 Å². The Labute approximate surface area is 129 Å². The Kier molecular flexibility index (Phi) is 4.65. The van der Waals surface area contributed by atoms with Crippen LogP contribution in [-0.2, 0) is 6.42 Å². The van der Waals surface area contributed by atoms with Crippen LogP contribution in [-0.4, -0.2) is 28.2 Å². The van der Waals surface area contributed by atoms with Gasteiger partial charge in [-0.2, -0.15) is 4.98 Å². The lowest BCUT2D eigenvalue weighted by molar-refractivity contribution is -0.384. The maximum atomic E-state index is 10.8. The molecule has 1 aromatic carbocycles. The van der Waals surface area contributed by atoms with E-state index in [9.17, 15) is 10.1 Å². The summed E-state index contributed by atoms with van der Waals surface area (Å²) in [6.45, 7) is 2.01. The maximum Gasteiger partial charge on any atom is 0.270 e. The summed E-state index contributed by atoms with van der Waals surface area (Å²) in [6, 6.07) is 4.78. The number of nitrogens with zero attached hydrogens (tertiary/aromatic N) is 3. The third-order valence-electron chi connectivity index (χ3n) is 2.84. The van der Waals surface area contributed by atoms with Crippen molar-refractivity contribution in [1.29, 1.82) is 0 Å². The van der Waals surface area contributed by atoms with Crippen LogP contribution in [0.25, 0.3) is 11.5 Å². The average Bonchev–Trinajstić information content (AvgIpc) is 2.87. The molecule has 0 aliphatic heterocycles. The normalized spacial score (nSPS) is 12.3. The van der Waals surface area contributed by atoms with Gasteiger partial charge < -0.3 is 9.84 Å². The predicted molar refractivity (Wildman–Crippen MR) is 81.3 cm³/mol. The lowest BCUT2D eigenvalue weighted by Crippen LogP contribution is -2.24. The van der Waals surface area contributed by atoms with Gasteiger partial charge in [0.25, 0.3) is 11.6 Å². The maximum absolute atomic E-state index is 10.8. The van der Waals surface area contributed by atoms with E-state index in [0.29, 0.717) is 23.7 Å². The molecule has 1 atom stereocenters. The molecule has 0 saturated carbocycles. The fourth-order valence-corrected chi connectivity index (χ4v) is 2.18. The molecule has 8 heteroatoms. The number of hydrogen-bond acceptors (Lipinski definition) is 6. The Morgan fingerprint density at radius 1 is 1.55 bits per heavy atom. The van der Waals surface area contributed by atoms with Crippen molar-refractivity contribution < 1.29 is 9.45 Å². The Morgan fingerprint density at radius 3 is 2.95 bits per heavy atom. The zero-order valence-corrected chi connectivity index (χ0v) is 13.1. The summed E-state index contributed by atoms with van der Waals surface area (Å²) in [7, 11) is 1.86. The van der Waals surface area contributed by atoms with Gasteiger partial charge >= 0.3 is 0 Å². The topological polar surface area (TPSA) is 94.1 Å². The molecule has 1 heterocycles. The van der Waals surface area contributed by atoms with Gasteiger partial charge in [0.1, 0.15) is 0 Å². The minimum absolute atomic E-state index is 0.00348. The van der Waals surface area contributed by atoms with Crippen LogP contribution in [0.3, 0.4) is 0 Å². The number of nitro groups is 1. The van der Waals surface area contributed by atoms with Crippen molar-refractivity contribution in [2.45, 2.75) is 19.4 Å². The lowest BCUT2D eigenvalue weighted by atomic mass is 10.2. The van der Waals surface area contributed by atoms with Gasteiger partial charge in [-0.25, -0.2) is 0 Å². The van der Waals surface area contributed by atoms with E-state index in [0.717, 1.165) is 3.57 Å². The number of hydrogen-bond donors (Lipinski definition) is 1. The number of non-ortho nitro benzene ring substituents is 1. The molecule has 1 aromatic heterocycles. The Bertz CT molecular complexity index is 629. The summed E-state index contributed by atoms with van der Waals surface area (Å²) in [4.78, 5) is 14.7. The molecule has 1 unspecified atom stereocenters. The van der Waals surface area contributed by atoms with Gasteiger partial charge in [0, 0.05) is 28.2 Å². The second-order valence-electron chi connectivity index (χ2n) is 4.33. The van der Waals surface area contributed by atoms with Crippen molar-refractivity contribution in [2.75, 3.05) is 7.05 Å². The third-order valence-corrected chi connectivity index (χ3v) is 3.78. The predicted octanol–water partition coefficient (Wildman–Crippen LogP) is 2.40. The molecule has 0 bridgehead atoms. The van der Waals surface area contributed by atoms with Crippen LogP contribution in [0.5, 0.6) is 0 Å². The number of benzene rings is 1. The van der Waals surface area contributed by atoms with Crippen molar-refractivity contribution >= 4 is 28.3 Å². The SMILES string of the molecule is CNC(C)Cc1noc(-c2cc([N+](=O)[O-])ccc2I)n1. The molecule has 2 aromatic rings. The molecule has 7 nitrogen and oxygen atoms in total. The number of rotatable bonds is 5. The monoisotopic (exact) mass is 388 g/mol. The quantitative estimate of drug-likeness (QED) is 0.480. The van der Waals surface area contributed by atoms with E-state index in [2.05, 4.69) is 38.0 Å². The second-order valence-corrected chi connectivity index (χ2v) is 5.49. The lowest BCUT2D eigenvalue weighted by Gasteiger charge is -2.04. The van der Waals surface area contributed by atoms with Crippen LogP contribution in [0.2, 0.25) is 0 Å². The van der Waals surface area contributed by atoms with Crippen LogP contribution in [0, 0.1) is 13.7 Å². The molecule has 0 saturated heterocycles. The average molecular weight is 388 g/mol. The molecule has 1 N–H and O–H groups in total. The van der Waals surface area contributed by atoms with Crippen molar-refractivity contribution in [3.05, 3.63) is 37.7 Å². The summed E-state index contributed by atoms with van der Waals surface area (Å²) in [5.41, 5.74) is 0.583. The summed E-state index contributed by atoms with van der Waals surface area (Å²) >= 11 is 2.08. The number of halogens is 1. The molecule has 0 aliphatic carbocycles. The molecular weight excluding hydrogens is 375 g/mol. The minimum atomic E-state index is -0.445. The van der Waals surface area contributed by atoms with Crippen LogP contribution >= 0.6 is 22.6 Å². The van der Waals surface area contributed by atoms with Gasteiger partial charge in [-0.3, -0.25) is 10.1 Å². The minimum Gasteiger partial charge on any atom is -0.334 e. The van der Waals surface area contributed by atoms with Crippen molar-refractivity contribution in [2.24, 2.45) is 0 Å². The van der Waals surface area contributed by atoms with Crippen LogP contribution in [0.4, 0.5) is 5.69 Å². The molecular formula is C12H13IN4O3. The van der Waals surface area contributed by atoms with E-state index in [1.807, 2.05) is 14.0 Å². The van der Waals surface area contributed by atoms with Crippen LogP contribution in [0.1, 0.15) is 12.7 Å². The Balaban J connectivity index is 2.32. The number of nitrogens with one attached hydrogen (secondary N) is 1. The van der Waals surface area contributed by atoms with Gasteiger partial charge in [-0.15, -0.1) is 0 Å². The van der Waals surface area contributed by atoms with Gasteiger partial charge in [0.05, 0.1) is 10.5 Å². The summed E-state index contributed by atoms with van der Waals surface area (Å²) < 4.78 is 6.02. The highest BCUT2D eigenvalue weighted by atomic mass is 127. The largest absolute Gasteiger partial charge is 0.334 e. The highest BCUT2D eigenvalue weighted by Gasteiger charge is 2.17. The molecule has 20 heavy (non-hydrogen) atoms. The van der Waals surface area contributed by atoms with Gasteiger partial charge in [-0.05, 0) is 42.6 Å². The zero-order valence-electron chi connectivity index (χ0n) is 11.0. The zero-order chi connectivity index (χ0) is 14.7. The first-order valence-corrected chi connectivity index (χ1v) is 7.03. The number of likely N-dealkylation sites (N-methyl/N-ethyl adjacent to an activating group) is 1. The summed E-state index contributed by atoms with van der Waals surface area (Å²) in [6.07, 6.45) is 0.630. The van der Waals surface area contributed by atoms with Gasteiger partial charge in [0.2, 0.25) is 0 Å². The molecule has 106 valence electrons. The number of aromatic nitrogens is 2. The smallest absolute Gasteiger partial charge is 0.270 e. The van der Waals surface area contributed by atoms with Gasteiger partial charge in [-0.1, -0.05) is 5.16 Å².